The zero-order chi connectivity index (χ0) is 13.4. The average Bonchev–Trinajstić information content (AvgIpc) is 2.40. The molecular weight excluding hydrogens is 232 g/mol. The monoisotopic (exact) mass is 250 g/mol. The minimum Gasteiger partial charge on any atom is -0.497 e. The summed E-state index contributed by atoms with van der Waals surface area (Å²) in [7, 11) is 1.58. The van der Waals surface area contributed by atoms with Gasteiger partial charge in [-0.15, -0.1) is 0 Å². The normalized spacial score (nSPS) is 11.1. The van der Waals surface area contributed by atoms with E-state index in [0.717, 1.165) is 18.6 Å². The molecule has 0 saturated carbocycles. The first kappa shape index (κ1) is 14.0. The maximum Gasteiger partial charge on any atom is 0.273 e. The standard InChI is InChI=1S/C13H18N2O3/c1-3-4-5-12(15-17)13(16)14-10-6-8-11(18-2)9-7-10/h6-9,17H,3-5H2,1-2H3,(H,14,16). The highest BCUT2D eigenvalue weighted by Gasteiger charge is 2.11. The predicted molar refractivity (Wildman–Crippen MR) is 70.4 cm³/mol. The van der Waals surface area contributed by atoms with Crippen molar-refractivity contribution in [3.8, 4) is 5.75 Å². The number of benzene rings is 1. The fourth-order valence-corrected chi connectivity index (χ4v) is 1.43. The Morgan fingerprint density at radius 2 is 2.06 bits per heavy atom. The molecule has 98 valence electrons. The molecule has 0 aliphatic heterocycles. The Morgan fingerprint density at radius 1 is 1.39 bits per heavy atom. The lowest BCUT2D eigenvalue weighted by Crippen LogP contribution is -2.22. The van der Waals surface area contributed by atoms with Crippen LogP contribution in [0.5, 0.6) is 5.75 Å². The summed E-state index contributed by atoms with van der Waals surface area (Å²) in [5.41, 5.74) is 0.783. The van der Waals surface area contributed by atoms with Crippen LogP contribution in [-0.4, -0.2) is 23.9 Å². The zero-order valence-electron chi connectivity index (χ0n) is 10.6. The molecule has 5 nitrogen and oxygen atoms in total. The van der Waals surface area contributed by atoms with Gasteiger partial charge < -0.3 is 15.3 Å². The number of nitrogens with one attached hydrogen (secondary N) is 1. The second-order valence-corrected chi connectivity index (χ2v) is 3.83. The predicted octanol–water partition coefficient (Wildman–Crippen LogP) is 2.65. The first-order chi connectivity index (χ1) is 8.71. The van der Waals surface area contributed by atoms with Gasteiger partial charge in [0.25, 0.3) is 5.91 Å². The van der Waals surface area contributed by atoms with Gasteiger partial charge in [-0.3, -0.25) is 4.79 Å². The fraction of sp³-hybridized carbons (Fsp3) is 0.385. The number of methoxy groups -OCH3 is 1. The molecule has 5 heteroatoms. The molecule has 1 amide bonds. The Labute approximate surface area is 106 Å². The second kappa shape index (κ2) is 7.32. The number of hydrogen-bond donors (Lipinski definition) is 2. The van der Waals surface area contributed by atoms with Crippen molar-refractivity contribution in [3.63, 3.8) is 0 Å². The summed E-state index contributed by atoms with van der Waals surface area (Å²) in [6, 6.07) is 6.95. The molecule has 2 N–H and O–H groups in total. The van der Waals surface area contributed by atoms with Crippen LogP contribution in [0.2, 0.25) is 0 Å². The van der Waals surface area contributed by atoms with Gasteiger partial charge in [-0.1, -0.05) is 18.5 Å². The summed E-state index contributed by atoms with van der Waals surface area (Å²) in [6.45, 7) is 2.01. The molecule has 0 unspecified atom stereocenters. The summed E-state index contributed by atoms with van der Waals surface area (Å²) in [4.78, 5) is 11.8. The Morgan fingerprint density at radius 3 is 2.56 bits per heavy atom. The van der Waals surface area contributed by atoms with Crippen LogP contribution in [0.1, 0.15) is 26.2 Å². The number of amides is 1. The van der Waals surface area contributed by atoms with Crippen LogP contribution in [0.3, 0.4) is 0 Å². The summed E-state index contributed by atoms with van der Waals surface area (Å²) in [5.74, 6) is 0.339. The third-order valence-corrected chi connectivity index (χ3v) is 2.50. The Hall–Kier alpha value is -2.04. The highest BCUT2D eigenvalue weighted by Crippen LogP contribution is 2.15. The number of oxime groups is 1. The number of unbranched alkanes of at least 4 members (excludes halogenated alkanes) is 1. The Balaban J connectivity index is 2.62. The van der Waals surface area contributed by atoms with E-state index in [9.17, 15) is 4.79 Å². The van der Waals surface area contributed by atoms with Gasteiger partial charge >= 0.3 is 0 Å². The molecule has 1 aromatic rings. The summed E-state index contributed by atoms with van der Waals surface area (Å²) in [6.07, 6.45) is 2.22. The van der Waals surface area contributed by atoms with Crippen molar-refractivity contribution in [1.29, 1.82) is 0 Å². The Kier molecular flexibility index (Phi) is 5.70. The van der Waals surface area contributed by atoms with Crippen LogP contribution in [0.25, 0.3) is 0 Å². The van der Waals surface area contributed by atoms with Gasteiger partial charge in [-0.05, 0) is 37.1 Å². The van der Waals surface area contributed by atoms with E-state index in [-0.39, 0.29) is 11.6 Å². The molecule has 0 heterocycles. The van der Waals surface area contributed by atoms with E-state index in [4.69, 9.17) is 9.94 Å². The third-order valence-electron chi connectivity index (χ3n) is 2.50. The van der Waals surface area contributed by atoms with E-state index in [2.05, 4.69) is 10.5 Å². The maximum atomic E-state index is 11.8. The van der Waals surface area contributed by atoms with Crippen molar-refractivity contribution in [3.05, 3.63) is 24.3 Å². The summed E-state index contributed by atoms with van der Waals surface area (Å²) in [5, 5.41) is 14.5. The van der Waals surface area contributed by atoms with Gasteiger partial charge in [-0.25, -0.2) is 0 Å². The van der Waals surface area contributed by atoms with Crippen LogP contribution in [0.4, 0.5) is 5.69 Å². The van der Waals surface area contributed by atoms with E-state index < -0.39 is 0 Å². The number of hydrogen-bond acceptors (Lipinski definition) is 4. The van der Waals surface area contributed by atoms with Gasteiger partial charge in [0.1, 0.15) is 11.5 Å². The number of anilines is 1. The maximum absolute atomic E-state index is 11.8. The lowest BCUT2D eigenvalue weighted by molar-refractivity contribution is -0.110. The molecule has 0 radical (unpaired) electrons. The van der Waals surface area contributed by atoms with Gasteiger partial charge in [0, 0.05) is 5.69 Å². The van der Waals surface area contributed by atoms with Crippen molar-refractivity contribution >= 4 is 17.3 Å². The average molecular weight is 250 g/mol. The molecule has 0 aliphatic rings. The van der Waals surface area contributed by atoms with Gasteiger partial charge in [0.15, 0.2) is 0 Å². The van der Waals surface area contributed by atoms with Crippen LogP contribution in [-0.2, 0) is 4.79 Å². The number of nitrogens with zero attached hydrogens (tertiary/aromatic N) is 1. The molecule has 0 saturated heterocycles. The Bertz CT molecular complexity index is 413. The summed E-state index contributed by atoms with van der Waals surface area (Å²) < 4.78 is 5.02. The fourth-order valence-electron chi connectivity index (χ4n) is 1.43. The first-order valence-electron chi connectivity index (χ1n) is 5.87. The zero-order valence-corrected chi connectivity index (χ0v) is 10.6. The molecule has 0 bridgehead atoms. The SMILES string of the molecule is CCCCC(=NO)C(=O)Nc1ccc(OC)cc1. The minimum absolute atomic E-state index is 0.146. The van der Waals surface area contributed by atoms with Gasteiger partial charge in [0.05, 0.1) is 7.11 Å². The van der Waals surface area contributed by atoms with Crippen molar-refractivity contribution < 1.29 is 14.7 Å². The second-order valence-electron chi connectivity index (χ2n) is 3.83. The van der Waals surface area contributed by atoms with Crippen LogP contribution >= 0.6 is 0 Å². The molecule has 1 rings (SSSR count). The molecule has 0 fully saturated rings. The summed E-state index contributed by atoms with van der Waals surface area (Å²) >= 11 is 0. The molecule has 0 aromatic heterocycles. The van der Waals surface area contributed by atoms with Crippen molar-refractivity contribution in [2.75, 3.05) is 12.4 Å². The topological polar surface area (TPSA) is 70.9 Å². The van der Waals surface area contributed by atoms with Crippen molar-refractivity contribution in [1.82, 2.24) is 0 Å². The van der Waals surface area contributed by atoms with E-state index >= 15 is 0 Å². The highest BCUT2D eigenvalue weighted by atomic mass is 16.5. The molecular formula is C13H18N2O3. The number of rotatable bonds is 6. The molecule has 1 aromatic carbocycles. The van der Waals surface area contributed by atoms with E-state index in [1.807, 2.05) is 6.92 Å². The number of ether oxygens (including phenoxy) is 1. The lowest BCUT2D eigenvalue weighted by Gasteiger charge is -2.07. The molecule has 18 heavy (non-hydrogen) atoms. The molecule has 0 aliphatic carbocycles. The lowest BCUT2D eigenvalue weighted by atomic mass is 10.1. The van der Waals surface area contributed by atoms with Gasteiger partial charge in [-0.2, -0.15) is 0 Å². The number of carbonyl (C=O) groups is 1. The van der Waals surface area contributed by atoms with E-state index in [1.165, 1.54) is 0 Å². The number of carbonyl (C=O) groups excluding carboxylic acids is 1. The third kappa shape index (κ3) is 4.08. The molecule has 0 atom stereocenters. The minimum atomic E-state index is -0.379. The highest BCUT2D eigenvalue weighted by molar-refractivity contribution is 6.42. The van der Waals surface area contributed by atoms with Crippen molar-refractivity contribution in [2.45, 2.75) is 26.2 Å². The first-order valence-corrected chi connectivity index (χ1v) is 5.87. The van der Waals surface area contributed by atoms with E-state index in [1.54, 1.807) is 31.4 Å². The smallest absolute Gasteiger partial charge is 0.273 e. The quantitative estimate of drug-likeness (QED) is 0.463. The molecule has 0 spiro atoms. The van der Waals surface area contributed by atoms with Crippen molar-refractivity contribution in [2.24, 2.45) is 5.16 Å². The van der Waals surface area contributed by atoms with Crippen LogP contribution in [0, 0.1) is 0 Å². The van der Waals surface area contributed by atoms with Crippen LogP contribution in [0.15, 0.2) is 29.4 Å². The van der Waals surface area contributed by atoms with E-state index in [0.29, 0.717) is 12.1 Å². The van der Waals surface area contributed by atoms with Crippen LogP contribution < -0.4 is 10.1 Å². The van der Waals surface area contributed by atoms with Gasteiger partial charge in [0.2, 0.25) is 0 Å². The largest absolute Gasteiger partial charge is 0.497 e.